The standard InChI is InChI=1S/C18H20ClF3N2O2/c1-17(2,3)10-24(11-18(20,21)22)15(25)9-26-14-7-6-13(19)12-5-4-8-23-16(12)14/h4-8H,9-11H2,1-3H3. The van der Waals surface area contributed by atoms with Gasteiger partial charge in [-0.1, -0.05) is 32.4 Å². The summed E-state index contributed by atoms with van der Waals surface area (Å²) < 4.78 is 43.9. The van der Waals surface area contributed by atoms with E-state index in [4.69, 9.17) is 16.3 Å². The molecule has 0 spiro atoms. The van der Waals surface area contributed by atoms with E-state index in [9.17, 15) is 18.0 Å². The molecule has 0 saturated carbocycles. The second-order valence-electron chi connectivity index (χ2n) is 7.16. The van der Waals surface area contributed by atoms with E-state index in [0.717, 1.165) is 4.90 Å². The molecule has 2 aromatic rings. The molecule has 4 nitrogen and oxygen atoms in total. The van der Waals surface area contributed by atoms with Crippen LogP contribution >= 0.6 is 11.6 Å². The van der Waals surface area contributed by atoms with Crippen LogP contribution in [-0.2, 0) is 4.79 Å². The van der Waals surface area contributed by atoms with E-state index in [0.29, 0.717) is 21.7 Å². The number of hydrogen-bond donors (Lipinski definition) is 0. The highest BCUT2D eigenvalue weighted by Gasteiger charge is 2.34. The molecular weight excluding hydrogens is 369 g/mol. The molecule has 1 aromatic heterocycles. The molecule has 0 saturated heterocycles. The van der Waals surface area contributed by atoms with Crippen molar-refractivity contribution in [2.75, 3.05) is 19.7 Å². The number of nitrogens with zero attached hydrogens (tertiary/aromatic N) is 2. The Bertz CT molecular complexity index is 772. The lowest BCUT2D eigenvalue weighted by Crippen LogP contribution is -2.45. The van der Waals surface area contributed by atoms with Crippen molar-refractivity contribution in [2.45, 2.75) is 26.9 Å². The number of ether oxygens (including phenoxy) is 1. The summed E-state index contributed by atoms with van der Waals surface area (Å²) >= 11 is 6.09. The van der Waals surface area contributed by atoms with Gasteiger partial charge in [0.25, 0.3) is 5.91 Å². The summed E-state index contributed by atoms with van der Waals surface area (Å²) in [6.45, 7) is 3.43. The first kappa shape index (κ1) is 20.3. The number of carbonyl (C=O) groups excluding carboxylic acids is 1. The third-order valence-electron chi connectivity index (χ3n) is 3.42. The number of benzene rings is 1. The quantitative estimate of drug-likeness (QED) is 0.745. The lowest BCUT2D eigenvalue weighted by atomic mass is 9.96. The van der Waals surface area contributed by atoms with E-state index in [1.54, 1.807) is 51.2 Å². The zero-order valence-corrected chi connectivity index (χ0v) is 15.5. The minimum absolute atomic E-state index is 0.0334. The zero-order chi connectivity index (χ0) is 19.5. The van der Waals surface area contributed by atoms with Crippen molar-refractivity contribution in [3.05, 3.63) is 35.5 Å². The fourth-order valence-corrected chi connectivity index (χ4v) is 2.70. The monoisotopic (exact) mass is 388 g/mol. The van der Waals surface area contributed by atoms with E-state index in [-0.39, 0.29) is 6.54 Å². The molecule has 1 amide bonds. The van der Waals surface area contributed by atoms with Gasteiger partial charge in [0.05, 0.1) is 5.02 Å². The smallest absolute Gasteiger partial charge is 0.406 e. The summed E-state index contributed by atoms with van der Waals surface area (Å²) in [5.41, 5.74) is -0.0268. The lowest BCUT2D eigenvalue weighted by molar-refractivity contribution is -0.164. The third kappa shape index (κ3) is 5.76. The molecule has 0 atom stereocenters. The molecule has 0 aliphatic heterocycles. The Morgan fingerprint density at radius 2 is 1.88 bits per heavy atom. The van der Waals surface area contributed by atoms with E-state index >= 15 is 0 Å². The summed E-state index contributed by atoms with van der Waals surface area (Å²) in [6.07, 6.45) is -2.93. The molecule has 0 N–H and O–H groups in total. The van der Waals surface area contributed by atoms with Crippen molar-refractivity contribution >= 4 is 28.4 Å². The van der Waals surface area contributed by atoms with Crippen molar-refractivity contribution in [1.29, 1.82) is 0 Å². The number of alkyl halides is 3. The Balaban J connectivity index is 2.16. The van der Waals surface area contributed by atoms with E-state index in [1.165, 1.54) is 0 Å². The van der Waals surface area contributed by atoms with Gasteiger partial charge in [-0.05, 0) is 29.7 Å². The Labute approximate surface area is 154 Å². The van der Waals surface area contributed by atoms with Crippen LogP contribution in [0.3, 0.4) is 0 Å². The van der Waals surface area contributed by atoms with Crippen molar-refractivity contribution in [3.63, 3.8) is 0 Å². The van der Waals surface area contributed by atoms with Crippen LogP contribution in [0.5, 0.6) is 5.75 Å². The van der Waals surface area contributed by atoms with Gasteiger partial charge in [-0.25, -0.2) is 0 Å². The van der Waals surface area contributed by atoms with Crippen LogP contribution in [0.25, 0.3) is 10.9 Å². The first-order valence-corrected chi connectivity index (χ1v) is 8.35. The second kappa shape index (κ2) is 7.70. The molecule has 1 aromatic carbocycles. The maximum Gasteiger partial charge on any atom is 0.406 e. The van der Waals surface area contributed by atoms with Gasteiger partial charge in [0, 0.05) is 18.1 Å². The Hall–Kier alpha value is -2.02. The number of hydrogen-bond acceptors (Lipinski definition) is 3. The van der Waals surface area contributed by atoms with Crippen LogP contribution in [-0.4, -0.2) is 41.7 Å². The minimum Gasteiger partial charge on any atom is -0.481 e. The molecule has 0 bridgehead atoms. The number of halogens is 4. The number of rotatable bonds is 5. The molecule has 0 aliphatic carbocycles. The van der Waals surface area contributed by atoms with Crippen molar-refractivity contribution in [2.24, 2.45) is 5.41 Å². The Morgan fingerprint density at radius 3 is 2.50 bits per heavy atom. The fraction of sp³-hybridized carbons (Fsp3) is 0.444. The molecule has 0 fully saturated rings. The van der Waals surface area contributed by atoms with Crippen molar-refractivity contribution in [1.82, 2.24) is 9.88 Å². The highest BCUT2D eigenvalue weighted by molar-refractivity contribution is 6.35. The predicted molar refractivity (Wildman–Crippen MR) is 94.3 cm³/mol. The Kier molecular flexibility index (Phi) is 6.01. The molecule has 1 heterocycles. The third-order valence-corrected chi connectivity index (χ3v) is 3.75. The van der Waals surface area contributed by atoms with Gasteiger partial charge in [0.1, 0.15) is 17.8 Å². The maximum atomic E-state index is 12.8. The highest BCUT2D eigenvalue weighted by atomic mass is 35.5. The molecule has 0 unspecified atom stereocenters. The first-order chi connectivity index (χ1) is 12.0. The van der Waals surface area contributed by atoms with Gasteiger partial charge in [-0.3, -0.25) is 9.78 Å². The second-order valence-corrected chi connectivity index (χ2v) is 7.57. The van der Waals surface area contributed by atoms with Gasteiger partial charge in [-0.15, -0.1) is 0 Å². The van der Waals surface area contributed by atoms with Gasteiger partial charge >= 0.3 is 6.18 Å². The SMILES string of the molecule is CC(C)(C)CN(CC(F)(F)F)C(=O)COc1ccc(Cl)c2cccnc12. The number of pyridine rings is 1. The normalized spacial score (nSPS) is 12.3. The maximum absolute atomic E-state index is 12.8. The summed E-state index contributed by atoms with van der Waals surface area (Å²) in [5.74, 6) is -0.447. The highest BCUT2D eigenvalue weighted by Crippen LogP contribution is 2.29. The summed E-state index contributed by atoms with van der Waals surface area (Å²) in [6, 6.07) is 6.59. The summed E-state index contributed by atoms with van der Waals surface area (Å²) in [5, 5.41) is 1.11. The number of carbonyl (C=O) groups is 1. The topological polar surface area (TPSA) is 42.4 Å². The first-order valence-electron chi connectivity index (χ1n) is 7.97. The summed E-state index contributed by atoms with van der Waals surface area (Å²) in [7, 11) is 0. The predicted octanol–water partition coefficient (Wildman–Crippen LogP) is 4.70. The molecule has 26 heavy (non-hydrogen) atoms. The van der Waals surface area contributed by atoms with Crippen molar-refractivity contribution in [3.8, 4) is 5.75 Å². The molecule has 0 radical (unpaired) electrons. The van der Waals surface area contributed by atoms with E-state index in [1.807, 2.05) is 0 Å². The van der Waals surface area contributed by atoms with Gasteiger partial charge in [0.15, 0.2) is 6.61 Å². The van der Waals surface area contributed by atoms with Crippen LogP contribution in [0.2, 0.25) is 5.02 Å². The zero-order valence-electron chi connectivity index (χ0n) is 14.7. The van der Waals surface area contributed by atoms with E-state index < -0.39 is 30.7 Å². The number of fused-ring (bicyclic) bond motifs is 1. The number of aromatic nitrogens is 1. The van der Waals surface area contributed by atoms with E-state index in [2.05, 4.69) is 4.98 Å². The van der Waals surface area contributed by atoms with Crippen LogP contribution in [0.15, 0.2) is 30.5 Å². The molecule has 142 valence electrons. The van der Waals surface area contributed by atoms with Gasteiger partial charge < -0.3 is 9.64 Å². The van der Waals surface area contributed by atoms with Gasteiger partial charge in [0.2, 0.25) is 0 Å². The van der Waals surface area contributed by atoms with Crippen LogP contribution < -0.4 is 4.74 Å². The average Bonchev–Trinajstić information content (AvgIpc) is 2.51. The van der Waals surface area contributed by atoms with Crippen molar-refractivity contribution < 1.29 is 22.7 Å². The number of amides is 1. The fourth-order valence-electron chi connectivity index (χ4n) is 2.48. The molecule has 0 aliphatic rings. The average molecular weight is 389 g/mol. The van der Waals surface area contributed by atoms with Crippen LogP contribution in [0, 0.1) is 5.41 Å². The van der Waals surface area contributed by atoms with Crippen LogP contribution in [0.4, 0.5) is 13.2 Å². The molecular formula is C18H20ClF3N2O2. The minimum atomic E-state index is -4.48. The lowest BCUT2D eigenvalue weighted by Gasteiger charge is -2.30. The largest absolute Gasteiger partial charge is 0.481 e. The Morgan fingerprint density at radius 1 is 1.19 bits per heavy atom. The molecule has 2 rings (SSSR count). The van der Waals surface area contributed by atoms with Crippen LogP contribution in [0.1, 0.15) is 20.8 Å². The molecule has 8 heteroatoms. The summed E-state index contributed by atoms with van der Waals surface area (Å²) in [4.78, 5) is 17.3. The van der Waals surface area contributed by atoms with Gasteiger partial charge in [-0.2, -0.15) is 13.2 Å².